The Hall–Kier alpha value is -1.10. The van der Waals surface area contributed by atoms with Gasteiger partial charge in [-0.25, -0.2) is 0 Å². The van der Waals surface area contributed by atoms with Crippen molar-refractivity contribution in [1.82, 2.24) is 10.2 Å². The first-order chi connectivity index (χ1) is 9.22. The number of carbonyl (C=O) groups is 2. The fourth-order valence-corrected chi connectivity index (χ4v) is 2.25. The van der Waals surface area contributed by atoms with Crippen LogP contribution in [0.15, 0.2) is 0 Å². The smallest absolute Gasteiger partial charge is 0.306 e. The first-order valence-corrected chi connectivity index (χ1v) is 7.37. The van der Waals surface area contributed by atoms with Crippen molar-refractivity contribution in [1.29, 1.82) is 0 Å². The summed E-state index contributed by atoms with van der Waals surface area (Å²) in [5.41, 5.74) is 0. The maximum atomic E-state index is 11.5. The van der Waals surface area contributed by atoms with E-state index in [1.807, 2.05) is 0 Å². The van der Waals surface area contributed by atoms with Gasteiger partial charge in [0, 0.05) is 13.0 Å². The number of amides is 1. The molecule has 0 unspecified atom stereocenters. The van der Waals surface area contributed by atoms with Crippen molar-refractivity contribution < 1.29 is 14.3 Å². The molecule has 0 aromatic rings. The Morgan fingerprint density at radius 1 is 1.16 bits per heavy atom. The van der Waals surface area contributed by atoms with Gasteiger partial charge in [-0.2, -0.15) is 0 Å². The van der Waals surface area contributed by atoms with Gasteiger partial charge in [-0.1, -0.05) is 6.42 Å². The second-order valence-corrected chi connectivity index (χ2v) is 4.91. The van der Waals surface area contributed by atoms with Crippen molar-refractivity contribution >= 4 is 11.9 Å². The molecule has 1 amide bonds. The van der Waals surface area contributed by atoms with Crippen molar-refractivity contribution in [2.75, 3.05) is 32.8 Å². The molecule has 5 heteroatoms. The first kappa shape index (κ1) is 16.0. The van der Waals surface area contributed by atoms with Crippen LogP contribution in [0.5, 0.6) is 0 Å². The number of nitrogens with zero attached hydrogens (tertiary/aromatic N) is 1. The van der Waals surface area contributed by atoms with Crippen LogP contribution in [-0.4, -0.2) is 49.6 Å². The summed E-state index contributed by atoms with van der Waals surface area (Å²) in [7, 11) is 0. The highest BCUT2D eigenvalue weighted by Gasteiger charge is 2.10. The Morgan fingerprint density at radius 2 is 1.89 bits per heavy atom. The summed E-state index contributed by atoms with van der Waals surface area (Å²) in [6, 6.07) is 0. The van der Waals surface area contributed by atoms with Crippen LogP contribution in [0.1, 0.15) is 45.4 Å². The van der Waals surface area contributed by atoms with Crippen molar-refractivity contribution in [2.45, 2.75) is 45.4 Å². The maximum absolute atomic E-state index is 11.5. The van der Waals surface area contributed by atoms with Crippen LogP contribution in [0.4, 0.5) is 0 Å². The number of ether oxygens (including phenoxy) is 1. The van der Waals surface area contributed by atoms with Crippen LogP contribution in [0.2, 0.25) is 0 Å². The van der Waals surface area contributed by atoms with E-state index in [4.69, 9.17) is 4.74 Å². The van der Waals surface area contributed by atoms with Crippen LogP contribution in [-0.2, 0) is 14.3 Å². The van der Waals surface area contributed by atoms with Crippen LogP contribution >= 0.6 is 0 Å². The molecular formula is C14H26N2O3. The van der Waals surface area contributed by atoms with Gasteiger partial charge in [0.15, 0.2) is 0 Å². The minimum absolute atomic E-state index is 0.0632. The van der Waals surface area contributed by atoms with Crippen molar-refractivity contribution in [2.24, 2.45) is 0 Å². The van der Waals surface area contributed by atoms with Gasteiger partial charge in [-0.3, -0.25) is 9.59 Å². The average molecular weight is 270 g/mol. The molecule has 1 saturated heterocycles. The molecule has 0 aromatic carbocycles. The molecule has 1 fully saturated rings. The molecule has 1 aliphatic heterocycles. The fraction of sp³-hybridized carbons (Fsp3) is 0.857. The average Bonchev–Trinajstić information content (AvgIpc) is 2.43. The third kappa shape index (κ3) is 7.82. The van der Waals surface area contributed by atoms with Gasteiger partial charge in [0.1, 0.15) is 0 Å². The molecule has 110 valence electrons. The second-order valence-electron chi connectivity index (χ2n) is 4.91. The molecular weight excluding hydrogens is 244 g/mol. The Bertz CT molecular complexity index is 276. The van der Waals surface area contributed by atoms with E-state index in [1.54, 1.807) is 6.92 Å². The van der Waals surface area contributed by atoms with E-state index in [1.165, 1.54) is 32.4 Å². The Kier molecular flexibility index (Phi) is 8.21. The molecule has 19 heavy (non-hydrogen) atoms. The van der Waals surface area contributed by atoms with Crippen LogP contribution in [0.25, 0.3) is 0 Å². The monoisotopic (exact) mass is 270 g/mol. The number of carbonyl (C=O) groups excluding carboxylic acids is 2. The topological polar surface area (TPSA) is 58.6 Å². The number of rotatable bonds is 8. The fourth-order valence-electron chi connectivity index (χ4n) is 2.25. The SMILES string of the molecule is CCOC(=O)CCC(=O)NCCCN1CCCCC1. The predicted octanol–water partition coefficient (Wildman–Crippen LogP) is 1.32. The van der Waals surface area contributed by atoms with E-state index in [9.17, 15) is 9.59 Å². The molecule has 1 N–H and O–H groups in total. The summed E-state index contributed by atoms with van der Waals surface area (Å²) in [6.07, 6.45) is 5.32. The molecule has 0 aromatic heterocycles. The number of hydrogen-bond acceptors (Lipinski definition) is 4. The van der Waals surface area contributed by atoms with Crippen LogP contribution < -0.4 is 5.32 Å². The third-order valence-corrected chi connectivity index (χ3v) is 3.28. The lowest BCUT2D eigenvalue weighted by Crippen LogP contribution is -2.33. The Balaban J connectivity index is 1.96. The maximum Gasteiger partial charge on any atom is 0.306 e. The second kappa shape index (κ2) is 9.78. The summed E-state index contributed by atoms with van der Waals surface area (Å²) in [5.74, 6) is -0.363. The summed E-state index contributed by atoms with van der Waals surface area (Å²) < 4.78 is 4.77. The molecule has 1 aliphatic rings. The lowest BCUT2D eigenvalue weighted by molar-refractivity contribution is -0.144. The van der Waals surface area contributed by atoms with Gasteiger partial charge in [0.25, 0.3) is 0 Å². The highest BCUT2D eigenvalue weighted by molar-refractivity contribution is 5.81. The molecule has 0 aliphatic carbocycles. The van der Waals surface area contributed by atoms with Crippen molar-refractivity contribution in [3.8, 4) is 0 Å². The number of esters is 1. The largest absolute Gasteiger partial charge is 0.466 e. The van der Waals surface area contributed by atoms with Crippen LogP contribution in [0.3, 0.4) is 0 Å². The Morgan fingerprint density at radius 3 is 2.58 bits per heavy atom. The standard InChI is InChI=1S/C14H26N2O3/c1-2-19-14(18)8-7-13(17)15-9-6-12-16-10-4-3-5-11-16/h2-12H2,1H3,(H,15,17). The number of hydrogen-bond donors (Lipinski definition) is 1. The lowest BCUT2D eigenvalue weighted by atomic mass is 10.1. The third-order valence-electron chi connectivity index (χ3n) is 3.28. The highest BCUT2D eigenvalue weighted by atomic mass is 16.5. The molecule has 1 rings (SSSR count). The minimum Gasteiger partial charge on any atom is -0.466 e. The van der Waals surface area contributed by atoms with E-state index in [-0.39, 0.29) is 24.7 Å². The van der Waals surface area contributed by atoms with E-state index in [0.717, 1.165) is 13.0 Å². The minimum atomic E-state index is -0.300. The molecule has 0 spiro atoms. The van der Waals surface area contributed by atoms with Crippen LogP contribution in [0, 0.1) is 0 Å². The molecule has 0 saturated carbocycles. The zero-order valence-electron chi connectivity index (χ0n) is 12.0. The summed E-state index contributed by atoms with van der Waals surface area (Å²) in [4.78, 5) is 25.0. The normalized spacial score (nSPS) is 16.1. The molecule has 5 nitrogen and oxygen atoms in total. The molecule has 1 heterocycles. The number of piperidine rings is 1. The predicted molar refractivity (Wildman–Crippen MR) is 73.8 cm³/mol. The van der Waals surface area contributed by atoms with Gasteiger partial charge in [-0.15, -0.1) is 0 Å². The number of likely N-dealkylation sites (tertiary alicyclic amines) is 1. The van der Waals surface area contributed by atoms with Gasteiger partial charge in [0.2, 0.25) is 5.91 Å². The zero-order valence-corrected chi connectivity index (χ0v) is 12.0. The quantitative estimate of drug-likeness (QED) is 0.534. The zero-order chi connectivity index (χ0) is 13.9. The summed E-state index contributed by atoms with van der Waals surface area (Å²) in [6.45, 7) is 6.26. The van der Waals surface area contributed by atoms with Gasteiger partial charge in [-0.05, 0) is 45.8 Å². The van der Waals surface area contributed by atoms with Gasteiger partial charge >= 0.3 is 5.97 Å². The van der Waals surface area contributed by atoms with E-state index < -0.39 is 0 Å². The number of nitrogens with one attached hydrogen (secondary N) is 1. The van der Waals surface area contributed by atoms with E-state index >= 15 is 0 Å². The molecule has 0 radical (unpaired) electrons. The molecule has 0 atom stereocenters. The first-order valence-electron chi connectivity index (χ1n) is 7.37. The van der Waals surface area contributed by atoms with Gasteiger partial charge < -0.3 is 15.0 Å². The summed E-state index contributed by atoms with van der Waals surface area (Å²) >= 11 is 0. The lowest BCUT2D eigenvalue weighted by Gasteiger charge is -2.26. The van der Waals surface area contributed by atoms with E-state index in [2.05, 4.69) is 10.2 Å². The summed E-state index contributed by atoms with van der Waals surface area (Å²) in [5, 5.41) is 2.85. The van der Waals surface area contributed by atoms with Gasteiger partial charge in [0.05, 0.1) is 13.0 Å². The van der Waals surface area contributed by atoms with Crippen molar-refractivity contribution in [3.05, 3.63) is 0 Å². The van der Waals surface area contributed by atoms with Crippen molar-refractivity contribution in [3.63, 3.8) is 0 Å². The molecule has 0 bridgehead atoms. The van der Waals surface area contributed by atoms with E-state index in [0.29, 0.717) is 13.2 Å². The Labute approximate surface area is 115 Å². The highest BCUT2D eigenvalue weighted by Crippen LogP contribution is 2.08.